The Labute approximate surface area is 313 Å². The van der Waals surface area contributed by atoms with Crippen LogP contribution in [-0.2, 0) is 27.8 Å². The van der Waals surface area contributed by atoms with Gasteiger partial charge in [-0.2, -0.15) is 0 Å². The van der Waals surface area contributed by atoms with E-state index in [0.717, 1.165) is 38.7 Å². The van der Waals surface area contributed by atoms with Gasteiger partial charge in [-0.15, -0.1) is 0 Å². The van der Waals surface area contributed by atoms with E-state index < -0.39 is 22.4 Å². The van der Waals surface area contributed by atoms with Gasteiger partial charge in [0.25, 0.3) is 8.32 Å². The smallest absolute Gasteiger partial charge is 0.261 e. The van der Waals surface area contributed by atoms with E-state index in [4.69, 9.17) is 27.8 Å². The van der Waals surface area contributed by atoms with E-state index in [0.29, 0.717) is 36.4 Å². The van der Waals surface area contributed by atoms with E-state index in [9.17, 15) is 0 Å². The molecule has 0 amide bonds. The number of hydrogen-bond donors (Lipinski definition) is 0. The summed E-state index contributed by atoms with van der Waals surface area (Å²) in [4.78, 5) is 0. The Morgan fingerprint density at radius 2 is 1.37 bits per heavy atom. The molecule has 0 N–H and O–H groups in total. The fraction of sp³-hybridized carbons (Fsp3) is 0.721. The summed E-state index contributed by atoms with van der Waals surface area (Å²) in [6.07, 6.45) is 4.74. The Morgan fingerprint density at radius 1 is 0.804 bits per heavy atom. The summed E-state index contributed by atoms with van der Waals surface area (Å²) in [6.45, 7) is 30.5. The summed E-state index contributed by atoms with van der Waals surface area (Å²) >= 11 is 0. The van der Waals surface area contributed by atoms with E-state index >= 15 is 0 Å². The van der Waals surface area contributed by atoms with E-state index in [2.05, 4.69) is 130 Å². The van der Waals surface area contributed by atoms with Gasteiger partial charge in [-0.1, -0.05) is 130 Å². The van der Waals surface area contributed by atoms with E-state index in [1.807, 2.05) is 13.8 Å². The molecule has 2 fully saturated rings. The van der Waals surface area contributed by atoms with Crippen molar-refractivity contribution in [3.05, 3.63) is 60.7 Å². The van der Waals surface area contributed by atoms with Gasteiger partial charge in [-0.3, -0.25) is 0 Å². The van der Waals surface area contributed by atoms with Gasteiger partial charge in [0, 0.05) is 25.0 Å². The number of rotatable bonds is 17. The van der Waals surface area contributed by atoms with Crippen molar-refractivity contribution in [2.75, 3.05) is 26.4 Å². The quantitative estimate of drug-likeness (QED) is 0.151. The highest BCUT2D eigenvalue weighted by atomic mass is 28.4. The van der Waals surface area contributed by atoms with Crippen molar-refractivity contribution in [1.82, 2.24) is 0 Å². The van der Waals surface area contributed by atoms with Gasteiger partial charge in [-0.25, -0.2) is 0 Å². The average molecular weight is 741 g/mol. The first-order chi connectivity index (χ1) is 24.0. The van der Waals surface area contributed by atoms with Crippen LogP contribution in [0.5, 0.6) is 0 Å². The first-order valence-corrected chi connectivity index (χ1v) is 24.1. The molecule has 51 heavy (non-hydrogen) atoms. The van der Waals surface area contributed by atoms with E-state index in [-0.39, 0.29) is 35.4 Å². The van der Waals surface area contributed by atoms with Crippen LogP contribution in [0.4, 0.5) is 0 Å². The Morgan fingerprint density at radius 3 is 1.86 bits per heavy atom. The van der Waals surface area contributed by atoms with Gasteiger partial charge in [-0.05, 0) is 78.0 Å². The van der Waals surface area contributed by atoms with Crippen LogP contribution in [-0.4, -0.2) is 67.3 Å². The minimum atomic E-state index is -2.71. The standard InChI is InChI=1S/C43H72O6Si2/c1-32(2)50(33(3)4,34(5)6)49-39(35(7)41-36(31-46-43(11,12)48-41)26-29-45-40-25-19-20-28-44-40)27-30-47-51(42(8,9)10,37-21-15-13-16-22-37)38-23-17-14-18-24-38/h13-18,21-24,32-36,39-41H,19-20,25-31H2,1-12H3/t35-,36+,39+,40?,41-/m0/s1. The van der Waals surface area contributed by atoms with Crippen LogP contribution >= 0.6 is 0 Å². The average Bonchev–Trinajstić information content (AvgIpc) is 3.08. The van der Waals surface area contributed by atoms with E-state index in [1.54, 1.807) is 0 Å². The van der Waals surface area contributed by atoms with Gasteiger partial charge in [0.05, 0.1) is 25.4 Å². The minimum absolute atomic E-state index is 0.0360. The molecule has 2 heterocycles. The highest BCUT2D eigenvalue weighted by Crippen LogP contribution is 2.46. The molecular weight excluding hydrogens is 669 g/mol. The van der Waals surface area contributed by atoms with Crippen LogP contribution in [0.25, 0.3) is 0 Å². The summed E-state index contributed by atoms with van der Waals surface area (Å²) < 4.78 is 40.6. The van der Waals surface area contributed by atoms with Crippen LogP contribution in [0, 0.1) is 11.8 Å². The largest absolute Gasteiger partial charge is 0.413 e. The molecular formula is C43H72O6Si2. The van der Waals surface area contributed by atoms with Crippen LogP contribution in [0.15, 0.2) is 60.7 Å². The highest BCUT2D eigenvalue weighted by Gasteiger charge is 2.52. The maximum atomic E-state index is 7.77. The molecule has 2 aromatic rings. The molecule has 0 aliphatic carbocycles. The topological polar surface area (TPSA) is 55.4 Å². The van der Waals surface area contributed by atoms with Crippen molar-refractivity contribution in [3.63, 3.8) is 0 Å². The monoisotopic (exact) mass is 740 g/mol. The molecule has 0 aromatic heterocycles. The molecule has 288 valence electrons. The minimum Gasteiger partial charge on any atom is -0.413 e. The molecule has 2 aliphatic rings. The predicted molar refractivity (Wildman–Crippen MR) is 216 cm³/mol. The first-order valence-electron chi connectivity index (χ1n) is 20.0. The van der Waals surface area contributed by atoms with Crippen molar-refractivity contribution in [1.29, 1.82) is 0 Å². The van der Waals surface area contributed by atoms with Crippen LogP contribution in [0.2, 0.25) is 21.7 Å². The molecule has 0 radical (unpaired) electrons. The maximum absolute atomic E-state index is 7.77. The maximum Gasteiger partial charge on any atom is 0.261 e. The molecule has 0 saturated carbocycles. The third-order valence-corrected chi connectivity index (χ3v) is 22.9. The zero-order valence-corrected chi connectivity index (χ0v) is 36.2. The fourth-order valence-electron chi connectivity index (χ4n) is 9.24. The van der Waals surface area contributed by atoms with Crippen LogP contribution in [0.3, 0.4) is 0 Å². The molecule has 6 nitrogen and oxygen atoms in total. The highest BCUT2D eigenvalue weighted by molar-refractivity contribution is 6.99. The van der Waals surface area contributed by atoms with Crippen molar-refractivity contribution in [2.24, 2.45) is 11.8 Å². The molecule has 0 spiro atoms. The van der Waals surface area contributed by atoms with Crippen LogP contribution in [0.1, 0.15) is 115 Å². The summed E-state index contributed by atoms with van der Waals surface area (Å²) in [5.74, 6) is -0.356. The number of benzene rings is 2. The second-order valence-electron chi connectivity index (χ2n) is 17.6. The fourth-order valence-corrected chi connectivity index (χ4v) is 19.5. The molecule has 2 aromatic carbocycles. The van der Waals surface area contributed by atoms with Gasteiger partial charge >= 0.3 is 0 Å². The van der Waals surface area contributed by atoms with Crippen LogP contribution < -0.4 is 10.4 Å². The lowest BCUT2D eigenvalue weighted by Crippen LogP contribution is -2.66. The van der Waals surface area contributed by atoms with Crippen molar-refractivity contribution < 1.29 is 27.8 Å². The van der Waals surface area contributed by atoms with Crippen molar-refractivity contribution >= 4 is 27.0 Å². The number of hydrogen-bond acceptors (Lipinski definition) is 6. The Balaban J connectivity index is 1.68. The summed E-state index contributed by atoms with van der Waals surface area (Å²) in [7, 11) is -4.96. The van der Waals surface area contributed by atoms with Gasteiger partial charge < -0.3 is 27.8 Å². The lowest BCUT2D eigenvalue weighted by molar-refractivity contribution is -0.308. The second-order valence-corrected chi connectivity index (χ2v) is 27.4. The first kappa shape index (κ1) is 42.4. The molecule has 2 aliphatic heterocycles. The lowest BCUT2D eigenvalue weighted by atomic mass is 9.84. The third kappa shape index (κ3) is 10.0. The molecule has 2 saturated heterocycles. The number of ether oxygens (including phenoxy) is 4. The third-order valence-electron chi connectivity index (χ3n) is 11.8. The van der Waals surface area contributed by atoms with Crippen molar-refractivity contribution in [2.45, 2.75) is 161 Å². The van der Waals surface area contributed by atoms with Gasteiger partial charge in [0.2, 0.25) is 8.32 Å². The van der Waals surface area contributed by atoms with Gasteiger partial charge in [0.15, 0.2) is 12.1 Å². The normalized spacial score (nSPS) is 23.2. The molecule has 1 unspecified atom stereocenters. The van der Waals surface area contributed by atoms with Gasteiger partial charge in [0.1, 0.15) is 0 Å². The zero-order chi connectivity index (χ0) is 37.5. The Bertz CT molecular complexity index is 1230. The molecule has 4 rings (SSSR count). The van der Waals surface area contributed by atoms with Crippen molar-refractivity contribution in [3.8, 4) is 0 Å². The SMILES string of the molecule is CC(C)[Si](O[C@H](CCO[Si](c1ccccc1)(c1ccccc1)C(C)(C)C)[C@H](C)[C@@H]1OC(C)(C)OC[C@H]1CCOC1CCCCO1)(C(C)C)C(C)C. The lowest BCUT2D eigenvalue weighted by Gasteiger charge is -2.50. The summed E-state index contributed by atoms with van der Waals surface area (Å²) in [6, 6.07) is 21.9. The molecule has 5 atom stereocenters. The Kier molecular flexibility index (Phi) is 15.2. The Hall–Kier alpha value is -1.37. The second kappa shape index (κ2) is 18.3. The molecule has 0 bridgehead atoms. The zero-order valence-electron chi connectivity index (χ0n) is 34.2. The van der Waals surface area contributed by atoms with E-state index in [1.165, 1.54) is 10.4 Å². The summed E-state index contributed by atoms with van der Waals surface area (Å²) in [5, 5.41) is 2.52. The predicted octanol–water partition coefficient (Wildman–Crippen LogP) is 9.85. The molecule has 8 heteroatoms. The summed E-state index contributed by atoms with van der Waals surface area (Å²) in [5.41, 5.74) is 1.41.